The normalized spacial score (nSPS) is 17.3. The van der Waals surface area contributed by atoms with Crippen LogP contribution < -0.4 is 4.90 Å². The van der Waals surface area contributed by atoms with E-state index in [0.717, 1.165) is 16.8 Å². The molecule has 2 heterocycles. The highest BCUT2D eigenvalue weighted by Gasteiger charge is 2.50. The molecule has 0 fully saturated rings. The van der Waals surface area contributed by atoms with Gasteiger partial charge < -0.3 is 14.6 Å². The third-order valence-electron chi connectivity index (χ3n) is 6.19. The molecular formula is C28H24N2O3. The highest BCUT2D eigenvalue weighted by Crippen LogP contribution is 2.43. The van der Waals surface area contributed by atoms with Crippen molar-refractivity contribution in [3.05, 3.63) is 120 Å². The van der Waals surface area contributed by atoms with Gasteiger partial charge >= 0.3 is 0 Å². The number of carbonyl (C=O) groups is 2. The summed E-state index contributed by atoms with van der Waals surface area (Å²) in [6, 6.07) is 26.1. The van der Waals surface area contributed by atoms with Crippen LogP contribution >= 0.6 is 0 Å². The van der Waals surface area contributed by atoms with Gasteiger partial charge in [0, 0.05) is 29.2 Å². The van der Waals surface area contributed by atoms with Crippen LogP contribution in [-0.2, 0) is 16.9 Å². The molecule has 1 N–H and O–H groups in total. The summed E-state index contributed by atoms with van der Waals surface area (Å²) >= 11 is 0. The molecule has 1 aromatic heterocycles. The fourth-order valence-corrected chi connectivity index (χ4v) is 4.39. The van der Waals surface area contributed by atoms with Crippen LogP contribution in [0.15, 0.2) is 97.3 Å². The number of rotatable bonds is 6. The van der Waals surface area contributed by atoms with Gasteiger partial charge in [0.2, 0.25) is 0 Å². The molecule has 33 heavy (non-hydrogen) atoms. The number of nitrogens with zero attached hydrogens (tertiary/aromatic N) is 2. The summed E-state index contributed by atoms with van der Waals surface area (Å²) in [5, 5.41) is 11.6. The lowest BCUT2D eigenvalue weighted by Crippen LogP contribution is -2.41. The zero-order valence-electron chi connectivity index (χ0n) is 18.3. The summed E-state index contributed by atoms with van der Waals surface area (Å²) in [5.74, 6) is -0.758. The van der Waals surface area contributed by atoms with Crippen LogP contribution in [0.4, 0.5) is 5.69 Å². The molecule has 164 valence electrons. The Bertz CT molecular complexity index is 1330. The van der Waals surface area contributed by atoms with Crippen LogP contribution in [0.5, 0.6) is 0 Å². The first-order chi connectivity index (χ1) is 16.0. The zero-order chi connectivity index (χ0) is 23.0. The number of aliphatic hydroxyl groups is 1. The summed E-state index contributed by atoms with van der Waals surface area (Å²) in [7, 11) is 0. The third-order valence-corrected chi connectivity index (χ3v) is 6.19. The lowest BCUT2D eigenvalue weighted by molar-refractivity contribution is -0.136. The average Bonchev–Trinajstić information content (AvgIpc) is 3.44. The number of carbonyl (C=O) groups excluding carboxylic acids is 2. The van der Waals surface area contributed by atoms with Crippen molar-refractivity contribution in [2.45, 2.75) is 25.5 Å². The van der Waals surface area contributed by atoms with Crippen molar-refractivity contribution in [1.29, 1.82) is 0 Å². The molecule has 1 atom stereocenters. The zero-order valence-corrected chi connectivity index (χ0v) is 18.3. The molecule has 5 nitrogen and oxygen atoms in total. The Kier molecular flexibility index (Phi) is 5.19. The smallest absolute Gasteiger partial charge is 0.264 e. The minimum Gasteiger partial charge on any atom is -0.375 e. The van der Waals surface area contributed by atoms with E-state index in [1.165, 1.54) is 0 Å². The molecule has 1 aliphatic heterocycles. The summed E-state index contributed by atoms with van der Waals surface area (Å²) in [6.45, 7) is 2.34. The molecule has 5 rings (SSSR count). The maximum Gasteiger partial charge on any atom is 0.264 e. The van der Waals surface area contributed by atoms with E-state index in [1.54, 1.807) is 35.2 Å². The van der Waals surface area contributed by atoms with Gasteiger partial charge in [-0.05, 0) is 42.8 Å². The molecule has 3 aromatic carbocycles. The molecule has 4 aromatic rings. The molecule has 1 aliphatic rings. The molecule has 1 amide bonds. The van der Waals surface area contributed by atoms with Gasteiger partial charge in [0.05, 0.1) is 18.7 Å². The first-order valence-corrected chi connectivity index (χ1v) is 10.9. The Hall–Kier alpha value is -3.96. The lowest BCUT2D eigenvalue weighted by Gasteiger charge is -2.23. The summed E-state index contributed by atoms with van der Waals surface area (Å²) in [5.41, 5.74) is 2.60. The molecular weight excluding hydrogens is 412 g/mol. The first-order valence-electron chi connectivity index (χ1n) is 10.9. The molecule has 0 spiro atoms. The average molecular weight is 437 g/mol. The number of anilines is 1. The number of hydrogen-bond donors (Lipinski definition) is 1. The lowest BCUT2D eigenvalue weighted by atomic mass is 9.88. The van der Waals surface area contributed by atoms with Crippen molar-refractivity contribution < 1.29 is 14.7 Å². The second kappa shape index (κ2) is 8.19. The molecule has 5 heteroatoms. The Labute approximate surface area is 192 Å². The Morgan fingerprint density at radius 3 is 2.39 bits per heavy atom. The summed E-state index contributed by atoms with van der Waals surface area (Å²) in [6.07, 6.45) is 3.48. The van der Waals surface area contributed by atoms with E-state index in [1.807, 2.05) is 78.5 Å². The quantitative estimate of drug-likeness (QED) is 0.442. The molecule has 0 saturated heterocycles. The number of hydrogen-bond acceptors (Lipinski definition) is 3. The van der Waals surface area contributed by atoms with Crippen molar-refractivity contribution in [1.82, 2.24) is 4.57 Å². The van der Waals surface area contributed by atoms with E-state index in [-0.39, 0.29) is 12.2 Å². The predicted octanol–water partition coefficient (Wildman–Crippen LogP) is 4.79. The van der Waals surface area contributed by atoms with Gasteiger partial charge in [0.15, 0.2) is 11.4 Å². The highest BCUT2D eigenvalue weighted by atomic mass is 16.3. The second-order valence-electron chi connectivity index (χ2n) is 8.49. The van der Waals surface area contributed by atoms with Crippen molar-refractivity contribution in [3.8, 4) is 5.69 Å². The molecule has 0 bridgehead atoms. The van der Waals surface area contributed by atoms with E-state index in [9.17, 15) is 14.7 Å². The van der Waals surface area contributed by atoms with Gasteiger partial charge in [0.25, 0.3) is 5.91 Å². The Morgan fingerprint density at radius 2 is 1.64 bits per heavy atom. The van der Waals surface area contributed by atoms with Crippen molar-refractivity contribution in [3.63, 3.8) is 0 Å². The number of ketones is 1. The SMILES string of the molecule is Cc1ccc(CN2C(=O)[C@](O)(CC(=O)c3cccc(-n4cccc4)c3)c3ccccc32)cc1. The van der Waals surface area contributed by atoms with Crippen molar-refractivity contribution in [2.75, 3.05) is 4.90 Å². The summed E-state index contributed by atoms with van der Waals surface area (Å²) in [4.78, 5) is 28.3. The van der Waals surface area contributed by atoms with Crippen LogP contribution in [0.25, 0.3) is 5.69 Å². The van der Waals surface area contributed by atoms with Gasteiger partial charge in [-0.15, -0.1) is 0 Å². The number of benzene rings is 3. The number of amides is 1. The molecule has 0 radical (unpaired) electrons. The number of para-hydroxylation sites is 1. The van der Waals surface area contributed by atoms with Gasteiger partial charge in [-0.3, -0.25) is 9.59 Å². The number of aryl methyl sites for hydroxylation is 1. The number of Topliss-reactive ketones (excluding diaryl/α,β-unsaturated/α-hetero) is 1. The summed E-state index contributed by atoms with van der Waals surface area (Å²) < 4.78 is 1.91. The fourth-order valence-electron chi connectivity index (χ4n) is 4.39. The minimum absolute atomic E-state index is 0.285. The second-order valence-corrected chi connectivity index (χ2v) is 8.49. The van der Waals surface area contributed by atoms with Crippen LogP contribution in [0.2, 0.25) is 0 Å². The van der Waals surface area contributed by atoms with Crippen molar-refractivity contribution in [2.24, 2.45) is 0 Å². The maximum absolute atomic E-state index is 13.5. The van der Waals surface area contributed by atoms with Gasteiger partial charge in [-0.25, -0.2) is 0 Å². The number of aromatic nitrogens is 1. The van der Waals surface area contributed by atoms with Gasteiger partial charge in [-0.1, -0.05) is 60.2 Å². The van der Waals surface area contributed by atoms with E-state index in [2.05, 4.69) is 0 Å². The Balaban J connectivity index is 1.45. The maximum atomic E-state index is 13.5. The van der Waals surface area contributed by atoms with Crippen LogP contribution in [-0.4, -0.2) is 21.4 Å². The van der Waals surface area contributed by atoms with E-state index >= 15 is 0 Å². The third kappa shape index (κ3) is 3.77. The van der Waals surface area contributed by atoms with Crippen LogP contribution in [0.3, 0.4) is 0 Å². The minimum atomic E-state index is -1.90. The van der Waals surface area contributed by atoms with Gasteiger partial charge in [0.1, 0.15) is 0 Å². The monoisotopic (exact) mass is 436 g/mol. The fraction of sp³-hybridized carbons (Fsp3) is 0.143. The first kappa shape index (κ1) is 20.9. The molecule has 0 saturated carbocycles. The number of fused-ring (bicyclic) bond motifs is 1. The topological polar surface area (TPSA) is 62.5 Å². The van der Waals surface area contributed by atoms with Crippen LogP contribution in [0, 0.1) is 6.92 Å². The van der Waals surface area contributed by atoms with E-state index < -0.39 is 11.5 Å². The molecule has 0 aliphatic carbocycles. The largest absolute Gasteiger partial charge is 0.375 e. The van der Waals surface area contributed by atoms with E-state index in [4.69, 9.17) is 0 Å². The van der Waals surface area contributed by atoms with E-state index in [0.29, 0.717) is 23.4 Å². The highest BCUT2D eigenvalue weighted by molar-refractivity contribution is 6.10. The molecule has 0 unspecified atom stereocenters. The van der Waals surface area contributed by atoms with Crippen LogP contribution in [0.1, 0.15) is 33.5 Å². The predicted molar refractivity (Wildman–Crippen MR) is 127 cm³/mol. The standard InChI is InChI=1S/C28H24N2O3/c1-20-11-13-21(14-12-20)19-30-25-10-3-2-9-24(25)28(33,27(30)32)18-26(31)22-7-6-8-23(17-22)29-15-4-5-16-29/h2-17,33H,18-19H2,1H3/t28-/m0/s1. The van der Waals surface area contributed by atoms with Crippen molar-refractivity contribution >= 4 is 17.4 Å². The van der Waals surface area contributed by atoms with Gasteiger partial charge in [-0.2, -0.15) is 0 Å². The Morgan fingerprint density at radius 1 is 0.909 bits per heavy atom.